The molecule has 0 spiro atoms. The fourth-order valence-corrected chi connectivity index (χ4v) is 5.29. The molecule has 0 saturated carbocycles. The average Bonchev–Trinajstić information content (AvgIpc) is 3.18. The lowest BCUT2D eigenvalue weighted by Crippen LogP contribution is -2.48. The number of carbonyl (C=O) groups excluding carboxylic acids is 2. The van der Waals surface area contributed by atoms with Gasteiger partial charge in [0.2, 0.25) is 5.60 Å². The van der Waals surface area contributed by atoms with Crippen molar-refractivity contribution in [2.75, 3.05) is 6.54 Å². The number of benzene rings is 1. The Kier molecular flexibility index (Phi) is 5.60. The summed E-state index contributed by atoms with van der Waals surface area (Å²) in [5.74, 6) is -1.24. The van der Waals surface area contributed by atoms with Crippen molar-refractivity contribution in [3.63, 3.8) is 0 Å². The van der Waals surface area contributed by atoms with Gasteiger partial charge < -0.3 is 19.8 Å². The monoisotopic (exact) mass is 539 g/mol. The van der Waals surface area contributed by atoms with E-state index in [4.69, 9.17) is 20.2 Å². The van der Waals surface area contributed by atoms with E-state index in [-0.39, 0.29) is 31.6 Å². The lowest BCUT2D eigenvalue weighted by molar-refractivity contribution is -0.190. The van der Waals surface area contributed by atoms with Crippen LogP contribution in [0.1, 0.15) is 50.3 Å². The Morgan fingerprint density at radius 2 is 2.09 bits per heavy atom. The molecule has 8 nitrogen and oxygen atoms in total. The van der Waals surface area contributed by atoms with E-state index in [1.54, 1.807) is 17.6 Å². The normalized spacial score (nSPS) is 18.6. The standard InChI is InChI=1S/C26H26BrN3O5/c1-4-26(35-21(31)10-25(2,3)13-28)17-9-20-22-14(8-15-18(27)6-5-7-19(15)29-22)11-30(20)23(32)16(17)12-34-24(26)33/h5-9H,4,10-13,28H2,1-3H3/t26-/m0/s1. The van der Waals surface area contributed by atoms with Gasteiger partial charge in [0.1, 0.15) is 6.61 Å². The minimum Gasteiger partial charge on any atom is -0.457 e. The van der Waals surface area contributed by atoms with Gasteiger partial charge in [0, 0.05) is 21.0 Å². The van der Waals surface area contributed by atoms with Gasteiger partial charge in [-0.1, -0.05) is 42.8 Å². The molecular weight excluding hydrogens is 514 g/mol. The zero-order valence-corrected chi connectivity index (χ0v) is 21.4. The van der Waals surface area contributed by atoms with Gasteiger partial charge in [-0.05, 0) is 42.6 Å². The average molecular weight is 540 g/mol. The van der Waals surface area contributed by atoms with E-state index < -0.39 is 23.0 Å². The molecule has 2 aromatic heterocycles. The van der Waals surface area contributed by atoms with Crippen LogP contribution in [-0.4, -0.2) is 28.0 Å². The number of carbonyl (C=O) groups is 2. The Hall–Kier alpha value is -3.04. The number of fused-ring (bicyclic) bond motifs is 5. The smallest absolute Gasteiger partial charge is 0.355 e. The van der Waals surface area contributed by atoms with Crippen molar-refractivity contribution < 1.29 is 19.1 Å². The number of nitrogens with zero attached hydrogens (tertiary/aromatic N) is 2. The van der Waals surface area contributed by atoms with Gasteiger partial charge in [-0.3, -0.25) is 9.59 Å². The molecule has 1 atom stereocenters. The lowest BCUT2D eigenvalue weighted by atomic mass is 9.85. The number of nitrogens with two attached hydrogens (primary N) is 1. The van der Waals surface area contributed by atoms with Gasteiger partial charge in [-0.25, -0.2) is 9.78 Å². The van der Waals surface area contributed by atoms with Crippen LogP contribution in [-0.2, 0) is 37.8 Å². The maximum atomic E-state index is 13.6. The summed E-state index contributed by atoms with van der Waals surface area (Å²) >= 11 is 3.57. The maximum absolute atomic E-state index is 13.6. The second kappa shape index (κ2) is 8.27. The van der Waals surface area contributed by atoms with Crippen molar-refractivity contribution in [2.45, 2.75) is 52.4 Å². The van der Waals surface area contributed by atoms with Gasteiger partial charge in [0.15, 0.2) is 0 Å². The number of rotatable bonds is 5. The molecule has 4 heterocycles. The lowest BCUT2D eigenvalue weighted by Gasteiger charge is -2.36. The van der Waals surface area contributed by atoms with E-state index in [2.05, 4.69) is 15.9 Å². The minimum atomic E-state index is -1.70. The van der Waals surface area contributed by atoms with Crippen LogP contribution in [0.4, 0.5) is 0 Å². The number of hydrogen-bond donors (Lipinski definition) is 1. The minimum absolute atomic E-state index is 0.0308. The predicted octanol–water partition coefficient (Wildman–Crippen LogP) is 3.77. The molecule has 182 valence electrons. The summed E-state index contributed by atoms with van der Waals surface area (Å²) in [5, 5.41) is 0.953. The Morgan fingerprint density at radius 1 is 1.31 bits per heavy atom. The third kappa shape index (κ3) is 3.68. The highest BCUT2D eigenvalue weighted by Gasteiger charge is 2.50. The first-order valence-electron chi connectivity index (χ1n) is 11.5. The van der Waals surface area contributed by atoms with Crippen LogP contribution in [0.3, 0.4) is 0 Å². The van der Waals surface area contributed by atoms with Crippen molar-refractivity contribution in [2.24, 2.45) is 11.1 Å². The molecule has 0 aliphatic carbocycles. The molecule has 9 heteroatoms. The largest absolute Gasteiger partial charge is 0.457 e. The van der Waals surface area contributed by atoms with Crippen LogP contribution >= 0.6 is 15.9 Å². The topological polar surface area (TPSA) is 114 Å². The molecule has 0 bridgehead atoms. The molecule has 0 unspecified atom stereocenters. The summed E-state index contributed by atoms with van der Waals surface area (Å²) in [6.07, 6.45) is 0.157. The second-order valence-corrected chi connectivity index (χ2v) is 10.7. The van der Waals surface area contributed by atoms with E-state index >= 15 is 0 Å². The first-order chi connectivity index (χ1) is 16.6. The fraction of sp³-hybridized carbons (Fsp3) is 0.385. The highest BCUT2D eigenvalue weighted by molar-refractivity contribution is 9.10. The molecule has 0 radical (unpaired) electrons. The van der Waals surface area contributed by atoms with E-state index in [1.807, 2.05) is 38.1 Å². The van der Waals surface area contributed by atoms with Gasteiger partial charge in [0.25, 0.3) is 5.56 Å². The Balaban J connectivity index is 1.67. The van der Waals surface area contributed by atoms with E-state index in [1.165, 1.54) is 0 Å². The molecule has 1 aromatic carbocycles. The van der Waals surface area contributed by atoms with Gasteiger partial charge in [-0.15, -0.1) is 0 Å². The molecular formula is C26H26BrN3O5. The molecule has 0 saturated heterocycles. The van der Waals surface area contributed by atoms with Crippen LogP contribution < -0.4 is 11.3 Å². The highest BCUT2D eigenvalue weighted by Crippen LogP contribution is 2.41. The number of esters is 2. The van der Waals surface area contributed by atoms with Gasteiger partial charge in [0.05, 0.1) is 35.4 Å². The third-order valence-electron chi connectivity index (χ3n) is 6.93. The highest BCUT2D eigenvalue weighted by atomic mass is 79.9. The number of ether oxygens (including phenoxy) is 2. The van der Waals surface area contributed by atoms with Crippen LogP contribution in [0.5, 0.6) is 0 Å². The van der Waals surface area contributed by atoms with Crippen molar-refractivity contribution in [3.8, 4) is 11.4 Å². The summed E-state index contributed by atoms with van der Waals surface area (Å²) in [5.41, 5.74) is 6.95. The van der Waals surface area contributed by atoms with Crippen LogP contribution in [0.2, 0.25) is 0 Å². The summed E-state index contributed by atoms with van der Waals surface area (Å²) in [7, 11) is 0. The van der Waals surface area contributed by atoms with E-state index in [0.29, 0.717) is 29.1 Å². The summed E-state index contributed by atoms with van der Waals surface area (Å²) in [6.45, 7) is 5.91. The Morgan fingerprint density at radius 3 is 2.80 bits per heavy atom. The number of pyridine rings is 2. The van der Waals surface area contributed by atoms with Crippen LogP contribution in [0.25, 0.3) is 22.3 Å². The van der Waals surface area contributed by atoms with Gasteiger partial charge in [-0.2, -0.15) is 0 Å². The SMILES string of the molecule is CC[C@@]1(OC(=O)CC(C)(C)CN)C(=O)OCc2c1cc1n(c2=O)Cc2cc3c(Br)cccc3nc2-1. The second-order valence-electron chi connectivity index (χ2n) is 9.89. The Labute approximate surface area is 210 Å². The molecule has 35 heavy (non-hydrogen) atoms. The predicted molar refractivity (Wildman–Crippen MR) is 134 cm³/mol. The zero-order chi connectivity index (χ0) is 25.1. The molecule has 5 rings (SSSR count). The van der Waals surface area contributed by atoms with E-state index in [0.717, 1.165) is 20.9 Å². The van der Waals surface area contributed by atoms with Crippen molar-refractivity contribution >= 4 is 38.8 Å². The molecule has 0 fully saturated rings. The first-order valence-corrected chi connectivity index (χ1v) is 12.3. The number of halogens is 1. The van der Waals surface area contributed by atoms with Crippen molar-refractivity contribution in [1.82, 2.24) is 9.55 Å². The molecule has 2 N–H and O–H groups in total. The molecule has 0 amide bonds. The van der Waals surface area contributed by atoms with Crippen LogP contribution in [0.15, 0.2) is 39.6 Å². The number of hydrogen-bond acceptors (Lipinski definition) is 7. The fourth-order valence-electron chi connectivity index (χ4n) is 4.82. The quantitative estimate of drug-likeness (QED) is 0.384. The van der Waals surface area contributed by atoms with E-state index in [9.17, 15) is 14.4 Å². The molecule has 3 aromatic rings. The summed E-state index contributed by atoms with van der Waals surface area (Å²) < 4.78 is 13.8. The zero-order valence-electron chi connectivity index (χ0n) is 19.8. The van der Waals surface area contributed by atoms with Gasteiger partial charge >= 0.3 is 11.9 Å². The van der Waals surface area contributed by atoms with Crippen molar-refractivity contribution in [3.05, 3.63) is 61.8 Å². The first kappa shape index (κ1) is 23.7. The maximum Gasteiger partial charge on any atom is 0.355 e. The summed E-state index contributed by atoms with van der Waals surface area (Å²) in [4.78, 5) is 44.4. The summed E-state index contributed by atoms with van der Waals surface area (Å²) in [6, 6.07) is 9.55. The van der Waals surface area contributed by atoms with Crippen molar-refractivity contribution in [1.29, 1.82) is 0 Å². The molecule has 2 aliphatic heterocycles. The Bertz CT molecular complexity index is 1460. The number of cyclic esters (lactones) is 1. The third-order valence-corrected chi connectivity index (χ3v) is 7.62. The number of aromatic nitrogens is 2. The molecule has 2 aliphatic rings. The van der Waals surface area contributed by atoms with Crippen LogP contribution in [0, 0.1) is 5.41 Å².